The minimum Gasteiger partial charge on any atom is -0.310 e. The summed E-state index contributed by atoms with van der Waals surface area (Å²) in [7, 11) is 0. The number of nitrogens with zero attached hydrogens (tertiary/aromatic N) is 1. The topological polar surface area (TPSA) is 3.24 Å². The van der Waals surface area contributed by atoms with Crippen LogP contribution in [0.3, 0.4) is 0 Å². The lowest BCUT2D eigenvalue weighted by Gasteiger charge is -2.35. The molecule has 0 N–H and O–H groups in total. The van der Waals surface area contributed by atoms with E-state index in [2.05, 4.69) is 134 Å². The number of benzene rings is 5. The fraction of sp³-hybridized carbons (Fsp3) is 0.348. The van der Waals surface area contributed by atoms with Gasteiger partial charge in [0, 0.05) is 22.4 Å². The highest BCUT2D eigenvalue weighted by Crippen LogP contribution is 2.57. The molecule has 0 aromatic heterocycles. The first-order valence-corrected chi connectivity index (χ1v) is 18.4. The fourth-order valence-corrected chi connectivity index (χ4v) is 10.3. The molecule has 2 bridgehead atoms. The molecule has 4 aliphatic rings. The van der Waals surface area contributed by atoms with Crippen LogP contribution in [0.4, 0.5) is 17.1 Å². The van der Waals surface area contributed by atoms with Gasteiger partial charge in [-0.05, 0) is 119 Å². The van der Waals surface area contributed by atoms with Gasteiger partial charge in [-0.25, -0.2) is 0 Å². The summed E-state index contributed by atoms with van der Waals surface area (Å²) in [6.45, 7) is 4.86. The van der Waals surface area contributed by atoms with E-state index in [4.69, 9.17) is 0 Å². The average Bonchev–Trinajstić information content (AvgIpc) is 3.83. The molecule has 9 rings (SSSR count). The Morgan fingerprint density at radius 2 is 1.34 bits per heavy atom. The summed E-state index contributed by atoms with van der Waals surface area (Å²) < 4.78 is 0. The highest BCUT2D eigenvalue weighted by atomic mass is 15.1. The second-order valence-corrected chi connectivity index (χ2v) is 15.5. The molecular weight excluding hydrogens is 567 g/mol. The van der Waals surface area contributed by atoms with Crippen molar-refractivity contribution in [2.45, 2.75) is 88.9 Å². The highest BCUT2D eigenvalue weighted by Gasteiger charge is 2.41. The van der Waals surface area contributed by atoms with Gasteiger partial charge in [-0.1, -0.05) is 131 Å². The van der Waals surface area contributed by atoms with Gasteiger partial charge in [0.25, 0.3) is 0 Å². The van der Waals surface area contributed by atoms with Crippen LogP contribution in [0.25, 0.3) is 22.3 Å². The van der Waals surface area contributed by atoms with Gasteiger partial charge in [-0.2, -0.15) is 0 Å². The molecule has 3 atom stereocenters. The van der Waals surface area contributed by atoms with Crippen molar-refractivity contribution in [3.05, 3.63) is 138 Å². The number of anilines is 3. The van der Waals surface area contributed by atoms with Crippen molar-refractivity contribution >= 4 is 17.1 Å². The van der Waals surface area contributed by atoms with E-state index in [1.54, 1.807) is 5.56 Å². The summed E-state index contributed by atoms with van der Waals surface area (Å²) in [5, 5.41) is 0. The Kier molecular flexibility index (Phi) is 7.14. The van der Waals surface area contributed by atoms with Gasteiger partial charge >= 0.3 is 0 Å². The van der Waals surface area contributed by atoms with E-state index in [1.165, 1.54) is 114 Å². The number of rotatable bonds is 6. The van der Waals surface area contributed by atoms with Crippen molar-refractivity contribution in [2.24, 2.45) is 11.8 Å². The Balaban J connectivity index is 1.27. The molecule has 4 aliphatic carbocycles. The number of hydrogen-bond acceptors (Lipinski definition) is 1. The molecule has 1 nitrogen and oxygen atoms in total. The van der Waals surface area contributed by atoms with E-state index in [0.29, 0.717) is 5.92 Å². The minimum absolute atomic E-state index is 0.118. The maximum Gasteiger partial charge on any atom is 0.0543 e. The van der Waals surface area contributed by atoms with Crippen LogP contribution in [0.2, 0.25) is 0 Å². The smallest absolute Gasteiger partial charge is 0.0543 e. The van der Waals surface area contributed by atoms with Crippen LogP contribution in [0.1, 0.15) is 106 Å². The Morgan fingerprint density at radius 1 is 0.596 bits per heavy atom. The maximum absolute atomic E-state index is 2.64. The first kappa shape index (κ1) is 29.1. The van der Waals surface area contributed by atoms with Crippen LogP contribution in [-0.2, 0) is 5.41 Å². The molecule has 3 unspecified atom stereocenters. The molecule has 5 aromatic carbocycles. The minimum atomic E-state index is -0.118. The van der Waals surface area contributed by atoms with Crippen molar-refractivity contribution in [3.63, 3.8) is 0 Å². The van der Waals surface area contributed by atoms with Crippen LogP contribution < -0.4 is 4.90 Å². The fourth-order valence-electron chi connectivity index (χ4n) is 10.3. The largest absolute Gasteiger partial charge is 0.310 e. The molecule has 0 radical (unpaired) electrons. The summed E-state index contributed by atoms with van der Waals surface area (Å²) in [6, 6.07) is 44.3. The molecule has 3 fully saturated rings. The third-order valence-electron chi connectivity index (χ3n) is 12.5. The Labute approximate surface area is 281 Å². The number of para-hydroxylation sites is 1. The third kappa shape index (κ3) is 4.80. The predicted molar refractivity (Wildman–Crippen MR) is 198 cm³/mol. The lowest BCUT2D eigenvalue weighted by atomic mass is 9.78. The van der Waals surface area contributed by atoms with E-state index < -0.39 is 0 Å². The van der Waals surface area contributed by atoms with E-state index >= 15 is 0 Å². The van der Waals surface area contributed by atoms with Crippen LogP contribution in [0.5, 0.6) is 0 Å². The molecule has 5 aromatic rings. The average molecular weight is 614 g/mol. The summed E-state index contributed by atoms with van der Waals surface area (Å²) >= 11 is 0. The first-order chi connectivity index (χ1) is 23.1. The van der Waals surface area contributed by atoms with Crippen molar-refractivity contribution in [2.75, 3.05) is 4.90 Å². The van der Waals surface area contributed by atoms with Crippen LogP contribution in [0, 0.1) is 11.8 Å². The Hall–Kier alpha value is -4.10. The van der Waals surface area contributed by atoms with Crippen molar-refractivity contribution in [1.29, 1.82) is 0 Å². The van der Waals surface area contributed by atoms with Gasteiger partial charge in [0.2, 0.25) is 0 Å². The summed E-state index contributed by atoms with van der Waals surface area (Å²) in [6.07, 6.45) is 12.3. The molecule has 47 heavy (non-hydrogen) atoms. The normalized spacial score (nSPS) is 22.6. The summed E-state index contributed by atoms with van der Waals surface area (Å²) in [5.74, 6) is 3.19. The van der Waals surface area contributed by atoms with Crippen molar-refractivity contribution in [1.82, 2.24) is 0 Å². The summed E-state index contributed by atoms with van der Waals surface area (Å²) in [4.78, 5) is 2.64. The zero-order valence-corrected chi connectivity index (χ0v) is 28.1. The monoisotopic (exact) mass is 613 g/mol. The molecule has 0 saturated heterocycles. The van der Waals surface area contributed by atoms with Gasteiger partial charge < -0.3 is 4.90 Å². The van der Waals surface area contributed by atoms with Crippen molar-refractivity contribution < 1.29 is 0 Å². The second-order valence-electron chi connectivity index (χ2n) is 15.5. The molecule has 0 aliphatic heterocycles. The Bertz CT molecular complexity index is 1910. The van der Waals surface area contributed by atoms with E-state index in [0.717, 1.165) is 17.8 Å². The van der Waals surface area contributed by atoms with Gasteiger partial charge in [-0.15, -0.1) is 0 Å². The third-order valence-corrected chi connectivity index (χ3v) is 12.5. The number of hydrogen-bond donors (Lipinski definition) is 0. The second kappa shape index (κ2) is 11.6. The van der Waals surface area contributed by atoms with Gasteiger partial charge in [0.05, 0.1) is 5.69 Å². The quantitative estimate of drug-likeness (QED) is 0.184. The van der Waals surface area contributed by atoms with Gasteiger partial charge in [0.15, 0.2) is 0 Å². The first-order valence-electron chi connectivity index (χ1n) is 18.4. The highest BCUT2D eigenvalue weighted by molar-refractivity contribution is 5.97. The molecule has 236 valence electrons. The zero-order valence-electron chi connectivity index (χ0n) is 28.1. The standard InChI is InChI=1S/C46H47N/c1-46(2)41-19-11-9-18-38(41)39-27-28-43(44(45(39)46)34-15-7-4-8-16-34)47(42-20-12-10-17-37(42)32-13-5-3-6-14-32)36-25-23-33(24-26-36)40-30-31-21-22-35(40)29-31/h4,7-12,15-20,23-28,31-32,35,40H,3,5-6,13-14,21-22,29-30H2,1-2H3. The lowest BCUT2D eigenvalue weighted by Crippen LogP contribution is -2.20. The van der Waals surface area contributed by atoms with Crippen molar-refractivity contribution in [3.8, 4) is 22.3 Å². The maximum atomic E-state index is 2.64. The van der Waals surface area contributed by atoms with E-state index in [1.807, 2.05) is 0 Å². The Morgan fingerprint density at radius 3 is 2.11 bits per heavy atom. The number of fused-ring (bicyclic) bond motifs is 5. The summed E-state index contributed by atoms with van der Waals surface area (Å²) in [5.41, 5.74) is 15.1. The lowest BCUT2D eigenvalue weighted by molar-refractivity contribution is 0.420. The van der Waals surface area contributed by atoms with Gasteiger partial charge in [-0.3, -0.25) is 0 Å². The van der Waals surface area contributed by atoms with E-state index in [-0.39, 0.29) is 5.41 Å². The molecule has 1 heteroatoms. The van der Waals surface area contributed by atoms with Crippen LogP contribution in [0.15, 0.2) is 115 Å². The molecule has 3 saturated carbocycles. The molecular formula is C46H47N. The molecule has 0 heterocycles. The zero-order chi connectivity index (χ0) is 31.5. The van der Waals surface area contributed by atoms with Crippen LogP contribution in [-0.4, -0.2) is 0 Å². The predicted octanol–water partition coefficient (Wildman–Crippen LogP) is 13.1. The van der Waals surface area contributed by atoms with Crippen LogP contribution >= 0.6 is 0 Å². The van der Waals surface area contributed by atoms with Gasteiger partial charge in [0.1, 0.15) is 0 Å². The SMILES string of the molecule is CC1(C)c2ccccc2-c2ccc(N(c3ccc(C4CC5CCC4C5)cc3)c3ccccc3C3CCCCC3)c(-c3ccccc3)c21. The molecule has 0 amide bonds. The molecule has 0 spiro atoms. The van der Waals surface area contributed by atoms with E-state index in [9.17, 15) is 0 Å².